The van der Waals surface area contributed by atoms with Crippen LogP contribution in [0.15, 0.2) is 18.3 Å². The lowest BCUT2D eigenvalue weighted by Crippen LogP contribution is -2.31. The number of hydrogen-bond donors (Lipinski definition) is 1. The zero-order chi connectivity index (χ0) is 13.5. The molecule has 0 spiro atoms. The molecule has 1 aromatic heterocycles. The van der Waals surface area contributed by atoms with E-state index in [1.165, 1.54) is 25.9 Å². The number of rotatable bonds is 5. The molecule has 19 heavy (non-hydrogen) atoms. The number of pyridine rings is 1. The number of nitrogens with zero attached hydrogens (tertiary/aromatic N) is 3. The molecule has 1 aliphatic rings. The van der Waals surface area contributed by atoms with E-state index in [-0.39, 0.29) is 0 Å². The summed E-state index contributed by atoms with van der Waals surface area (Å²) in [6.07, 6.45) is 5.24. The van der Waals surface area contributed by atoms with Crippen molar-refractivity contribution in [2.24, 2.45) is 5.73 Å². The molecule has 0 unspecified atom stereocenters. The van der Waals surface area contributed by atoms with Gasteiger partial charge in [-0.05, 0) is 51.0 Å². The molecule has 106 valence electrons. The van der Waals surface area contributed by atoms with Gasteiger partial charge in [0.2, 0.25) is 0 Å². The van der Waals surface area contributed by atoms with Crippen molar-refractivity contribution in [2.75, 3.05) is 44.2 Å². The minimum Gasteiger partial charge on any atom is -0.355 e. The zero-order valence-electron chi connectivity index (χ0n) is 11.4. The Morgan fingerprint density at radius 2 is 2.05 bits per heavy atom. The molecule has 0 bridgehead atoms. The first-order chi connectivity index (χ1) is 9.29. The first kappa shape index (κ1) is 14.6. The van der Waals surface area contributed by atoms with Crippen LogP contribution in [-0.2, 0) is 0 Å². The molecule has 1 fully saturated rings. The summed E-state index contributed by atoms with van der Waals surface area (Å²) in [5, 5.41) is 0.696. The van der Waals surface area contributed by atoms with Gasteiger partial charge in [-0.1, -0.05) is 11.6 Å². The monoisotopic (exact) mass is 282 g/mol. The fourth-order valence-electron chi connectivity index (χ4n) is 2.46. The molecule has 0 aliphatic carbocycles. The Kier molecular flexibility index (Phi) is 5.89. The summed E-state index contributed by atoms with van der Waals surface area (Å²) in [4.78, 5) is 9.28. The Balaban J connectivity index is 1.84. The summed E-state index contributed by atoms with van der Waals surface area (Å²) >= 11 is 5.88. The molecule has 0 amide bonds. The molecule has 0 radical (unpaired) electrons. The van der Waals surface area contributed by atoms with Crippen molar-refractivity contribution < 1.29 is 0 Å². The Morgan fingerprint density at radius 1 is 1.16 bits per heavy atom. The second-order valence-corrected chi connectivity index (χ2v) is 5.45. The molecule has 0 saturated carbocycles. The predicted molar refractivity (Wildman–Crippen MR) is 80.8 cm³/mol. The summed E-state index contributed by atoms with van der Waals surface area (Å²) in [7, 11) is 0. The standard InChI is InChI=1S/C14H23ClN4/c15-13-4-5-14(17-12-13)19-9-3-8-18(10-11-19)7-2-1-6-16/h4-5,12H,1-3,6-11,16H2. The first-order valence-electron chi connectivity index (χ1n) is 7.08. The molecule has 2 heterocycles. The Morgan fingerprint density at radius 3 is 2.79 bits per heavy atom. The molecule has 1 aromatic rings. The lowest BCUT2D eigenvalue weighted by atomic mass is 10.3. The summed E-state index contributed by atoms with van der Waals surface area (Å²) in [5.41, 5.74) is 5.54. The van der Waals surface area contributed by atoms with Crippen LogP contribution >= 0.6 is 11.6 Å². The van der Waals surface area contributed by atoms with Crippen LogP contribution in [0.2, 0.25) is 5.02 Å². The highest BCUT2D eigenvalue weighted by molar-refractivity contribution is 6.30. The molecular weight excluding hydrogens is 260 g/mol. The van der Waals surface area contributed by atoms with Gasteiger partial charge in [-0.25, -0.2) is 4.98 Å². The highest BCUT2D eigenvalue weighted by Crippen LogP contribution is 2.16. The number of nitrogens with two attached hydrogens (primary N) is 1. The van der Waals surface area contributed by atoms with Crippen molar-refractivity contribution in [1.82, 2.24) is 9.88 Å². The van der Waals surface area contributed by atoms with Crippen LogP contribution in [0.5, 0.6) is 0 Å². The van der Waals surface area contributed by atoms with Crippen molar-refractivity contribution in [3.63, 3.8) is 0 Å². The average Bonchev–Trinajstić information content (AvgIpc) is 2.66. The molecular formula is C14H23ClN4. The topological polar surface area (TPSA) is 45.4 Å². The van der Waals surface area contributed by atoms with Crippen LogP contribution in [0.25, 0.3) is 0 Å². The zero-order valence-corrected chi connectivity index (χ0v) is 12.1. The van der Waals surface area contributed by atoms with E-state index in [2.05, 4.69) is 14.8 Å². The van der Waals surface area contributed by atoms with E-state index in [0.29, 0.717) is 5.02 Å². The molecule has 1 saturated heterocycles. The van der Waals surface area contributed by atoms with E-state index in [1.54, 1.807) is 6.20 Å². The van der Waals surface area contributed by atoms with Gasteiger partial charge in [0.15, 0.2) is 0 Å². The average molecular weight is 283 g/mol. The fraction of sp³-hybridized carbons (Fsp3) is 0.643. The Bertz CT molecular complexity index is 368. The number of anilines is 1. The van der Waals surface area contributed by atoms with Crippen LogP contribution in [0.1, 0.15) is 19.3 Å². The second-order valence-electron chi connectivity index (χ2n) is 5.01. The predicted octanol–water partition coefficient (Wildman–Crippen LogP) is 1.99. The van der Waals surface area contributed by atoms with Crippen LogP contribution < -0.4 is 10.6 Å². The van der Waals surface area contributed by atoms with Gasteiger partial charge in [-0.3, -0.25) is 0 Å². The SMILES string of the molecule is NCCCCN1CCCN(c2ccc(Cl)cn2)CC1. The number of aromatic nitrogens is 1. The van der Waals surface area contributed by atoms with E-state index < -0.39 is 0 Å². The number of hydrogen-bond acceptors (Lipinski definition) is 4. The maximum Gasteiger partial charge on any atom is 0.128 e. The van der Waals surface area contributed by atoms with Crippen LogP contribution in [0, 0.1) is 0 Å². The third-order valence-electron chi connectivity index (χ3n) is 3.55. The van der Waals surface area contributed by atoms with Gasteiger partial charge in [0.25, 0.3) is 0 Å². The molecule has 2 rings (SSSR count). The minimum absolute atomic E-state index is 0.696. The second kappa shape index (κ2) is 7.68. The van der Waals surface area contributed by atoms with E-state index in [1.807, 2.05) is 12.1 Å². The van der Waals surface area contributed by atoms with Crippen molar-refractivity contribution in [1.29, 1.82) is 0 Å². The highest BCUT2D eigenvalue weighted by Gasteiger charge is 2.15. The normalized spacial score (nSPS) is 17.5. The quantitative estimate of drug-likeness (QED) is 0.839. The molecule has 0 atom stereocenters. The maximum absolute atomic E-state index is 5.88. The van der Waals surface area contributed by atoms with Crippen LogP contribution in [0.3, 0.4) is 0 Å². The van der Waals surface area contributed by atoms with E-state index in [9.17, 15) is 0 Å². The summed E-state index contributed by atoms with van der Waals surface area (Å²) in [5.74, 6) is 1.04. The van der Waals surface area contributed by atoms with Gasteiger partial charge >= 0.3 is 0 Å². The van der Waals surface area contributed by atoms with E-state index in [4.69, 9.17) is 17.3 Å². The van der Waals surface area contributed by atoms with Crippen LogP contribution in [-0.4, -0.2) is 49.2 Å². The molecule has 4 nitrogen and oxygen atoms in total. The molecule has 5 heteroatoms. The third kappa shape index (κ3) is 4.64. The number of unbranched alkanes of at least 4 members (excludes halogenated alkanes) is 1. The summed E-state index contributed by atoms with van der Waals surface area (Å²) in [6.45, 7) is 6.36. The van der Waals surface area contributed by atoms with Crippen molar-refractivity contribution in [3.8, 4) is 0 Å². The first-order valence-corrected chi connectivity index (χ1v) is 7.46. The fourth-order valence-corrected chi connectivity index (χ4v) is 2.57. The van der Waals surface area contributed by atoms with E-state index >= 15 is 0 Å². The summed E-state index contributed by atoms with van der Waals surface area (Å²) < 4.78 is 0. The van der Waals surface area contributed by atoms with Gasteiger partial charge in [-0.15, -0.1) is 0 Å². The molecule has 1 aliphatic heterocycles. The van der Waals surface area contributed by atoms with Crippen molar-refractivity contribution in [2.45, 2.75) is 19.3 Å². The Labute approximate surface area is 120 Å². The van der Waals surface area contributed by atoms with Gasteiger partial charge in [0.05, 0.1) is 5.02 Å². The Hall–Kier alpha value is -0.840. The summed E-state index contributed by atoms with van der Waals surface area (Å²) in [6, 6.07) is 3.92. The van der Waals surface area contributed by atoms with Gasteiger partial charge < -0.3 is 15.5 Å². The van der Waals surface area contributed by atoms with Crippen molar-refractivity contribution in [3.05, 3.63) is 23.4 Å². The minimum atomic E-state index is 0.696. The number of halogens is 1. The molecule has 0 aromatic carbocycles. The lowest BCUT2D eigenvalue weighted by molar-refractivity contribution is 0.288. The lowest BCUT2D eigenvalue weighted by Gasteiger charge is -2.22. The van der Waals surface area contributed by atoms with E-state index in [0.717, 1.165) is 38.4 Å². The van der Waals surface area contributed by atoms with Gasteiger partial charge in [-0.2, -0.15) is 0 Å². The molecule has 2 N–H and O–H groups in total. The largest absolute Gasteiger partial charge is 0.355 e. The van der Waals surface area contributed by atoms with Gasteiger partial charge in [0.1, 0.15) is 5.82 Å². The van der Waals surface area contributed by atoms with Crippen LogP contribution in [0.4, 0.5) is 5.82 Å². The van der Waals surface area contributed by atoms with Gasteiger partial charge in [0, 0.05) is 25.8 Å². The smallest absolute Gasteiger partial charge is 0.128 e. The maximum atomic E-state index is 5.88. The highest BCUT2D eigenvalue weighted by atomic mass is 35.5. The third-order valence-corrected chi connectivity index (χ3v) is 3.78. The van der Waals surface area contributed by atoms with Crippen molar-refractivity contribution >= 4 is 17.4 Å².